The number of hydrogen-bond acceptors (Lipinski definition) is 3. The van der Waals surface area contributed by atoms with Crippen LogP contribution in [0.15, 0.2) is 17.0 Å². The molecule has 0 aliphatic carbocycles. The maximum absolute atomic E-state index is 12.9. The highest BCUT2D eigenvalue weighted by Gasteiger charge is 2.31. The molecule has 6 heteroatoms. The Balaban J connectivity index is 2.49. The van der Waals surface area contributed by atoms with Gasteiger partial charge in [-0.15, -0.1) is 0 Å². The zero-order valence-electron chi connectivity index (χ0n) is 11.9. The molecule has 1 saturated heterocycles. The van der Waals surface area contributed by atoms with Gasteiger partial charge in [-0.1, -0.05) is 24.4 Å². The van der Waals surface area contributed by atoms with Crippen LogP contribution in [0.2, 0.25) is 5.02 Å². The normalized spacial score (nSPS) is 21.6. The summed E-state index contributed by atoms with van der Waals surface area (Å²) in [6, 6.07) is 3.10. The van der Waals surface area contributed by atoms with Crippen molar-refractivity contribution in [2.45, 2.75) is 50.5 Å². The minimum Gasteiger partial charge on any atom is -0.398 e. The molecule has 4 nitrogen and oxygen atoms in total. The molecule has 20 heavy (non-hydrogen) atoms. The van der Waals surface area contributed by atoms with E-state index < -0.39 is 10.0 Å². The van der Waals surface area contributed by atoms with Gasteiger partial charge >= 0.3 is 0 Å². The highest BCUT2D eigenvalue weighted by Crippen LogP contribution is 2.31. The van der Waals surface area contributed by atoms with Crippen LogP contribution in [0.5, 0.6) is 0 Å². The molecule has 0 radical (unpaired) electrons. The fourth-order valence-electron chi connectivity index (χ4n) is 2.67. The fourth-order valence-corrected chi connectivity index (χ4v) is 4.95. The summed E-state index contributed by atoms with van der Waals surface area (Å²) in [6.45, 7) is 4.25. The average Bonchev–Trinajstić information content (AvgIpc) is 2.58. The van der Waals surface area contributed by atoms with E-state index in [-0.39, 0.29) is 10.9 Å². The zero-order valence-corrected chi connectivity index (χ0v) is 13.5. The zero-order chi connectivity index (χ0) is 14.9. The third kappa shape index (κ3) is 2.95. The summed E-state index contributed by atoms with van der Waals surface area (Å²) in [4.78, 5) is 0.233. The Bertz CT molecular complexity index is 601. The van der Waals surface area contributed by atoms with E-state index in [0.29, 0.717) is 22.8 Å². The molecule has 0 spiro atoms. The molecule has 1 aromatic carbocycles. The van der Waals surface area contributed by atoms with Gasteiger partial charge in [0, 0.05) is 23.3 Å². The molecule has 1 aromatic rings. The van der Waals surface area contributed by atoms with Crippen LogP contribution in [0.4, 0.5) is 5.69 Å². The van der Waals surface area contributed by atoms with Crippen LogP contribution in [0.1, 0.15) is 38.2 Å². The van der Waals surface area contributed by atoms with E-state index in [1.165, 1.54) is 6.07 Å². The van der Waals surface area contributed by atoms with Crippen molar-refractivity contribution < 1.29 is 8.42 Å². The molecule has 112 valence electrons. The van der Waals surface area contributed by atoms with Crippen molar-refractivity contribution in [3.05, 3.63) is 22.7 Å². The molecule has 1 aliphatic rings. The summed E-state index contributed by atoms with van der Waals surface area (Å²) in [5.74, 6) is 0. The third-order valence-corrected chi connectivity index (χ3v) is 6.30. The van der Waals surface area contributed by atoms with E-state index in [2.05, 4.69) is 0 Å². The molecule has 0 amide bonds. The van der Waals surface area contributed by atoms with Gasteiger partial charge in [0.05, 0.1) is 4.90 Å². The number of anilines is 1. The molecule has 0 saturated carbocycles. The molecule has 0 bridgehead atoms. The molecule has 1 atom stereocenters. The number of nitrogens with zero attached hydrogens (tertiary/aromatic N) is 1. The van der Waals surface area contributed by atoms with Gasteiger partial charge in [-0.25, -0.2) is 8.42 Å². The maximum Gasteiger partial charge on any atom is 0.243 e. The SMILES string of the molecule is Cc1c(N)cc(Cl)cc1S(=O)(=O)N1CCCCCC1C. The predicted octanol–water partition coefficient (Wildman–Crippen LogP) is 3.18. The van der Waals surface area contributed by atoms with Gasteiger partial charge in [-0.05, 0) is 44.4 Å². The molecule has 2 N–H and O–H groups in total. The van der Waals surface area contributed by atoms with Crippen LogP contribution in [-0.4, -0.2) is 25.3 Å². The maximum atomic E-state index is 12.9. The van der Waals surface area contributed by atoms with Gasteiger partial charge in [-0.3, -0.25) is 0 Å². The molecule has 1 heterocycles. The van der Waals surface area contributed by atoms with Gasteiger partial charge in [-0.2, -0.15) is 4.31 Å². The number of rotatable bonds is 2. The molecular formula is C14H21ClN2O2S. The molecule has 2 rings (SSSR count). The minimum atomic E-state index is -3.54. The summed E-state index contributed by atoms with van der Waals surface area (Å²) in [7, 11) is -3.54. The summed E-state index contributed by atoms with van der Waals surface area (Å²) >= 11 is 5.97. The van der Waals surface area contributed by atoms with Crippen LogP contribution in [0, 0.1) is 6.92 Å². The number of sulfonamides is 1. The predicted molar refractivity (Wildman–Crippen MR) is 82.4 cm³/mol. The quantitative estimate of drug-likeness (QED) is 0.852. The van der Waals surface area contributed by atoms with E-state index in [4.69, 9.17) is 17.3 Å². The summed E-state index contributed by atoms with van der Waals surface area (Å²) in [5, 5.41) is 0.356. The van der Waals surface area contributed by atoms with Crippen LogP contribution in [0.3, 0.4) is 0 Å². The Kier molecular flexibility index (Phi) is 4.62. The van der Waals surface area contributed by atoms with Crippen LogP contribution in [0.25, 0.3) is 0 Å². The second kappa shape index (κ2) is 5.92. The first-order valence-electron chi connectivity index (χ1n) is 6.91. The number of benzene rings is 1. The summed E-state index contributed by atoms with van der Waals surface area (Å²) in [5.41, 5.74) is 6.84. The van der Waals surface area contributed by atoms with Gasteiger partial charge in [0.2, 0.25) is 10.0 Å². The second-order valence-electron chi connectivity index (χ2n) is 5.43. The van der Waals surface area contributed by atoms with E-state index in [1.807, 2.05) is 6.92 Å². The summed E-state index contributed by atoms with van der Waals surface area (Å²) in [6.07, 6.45) is 3.95. The molecule has 1 fully saturated rings. The van der Waals surface area contributed by atoms with Gasteiger partial charge < -0.3 is 5.73 Å². The molecule has 0 aromatic heterocycles. The minimum absolute atomic E-state index is 0.0158. The molecule has 1 aliphatic heterocycles. The number of nitrogens with two attached hydrogens (primary N) is 1. The molecular weight excluding hydrogens is 296 g/mol. The first kappa shape index (κ1) is 15.6. The van der Waals surface area contributed by atoms with E-state index in [9.17, 15) is 8.42 Å². The average molecular weight is 317 g/mol. The highest BCUT2D eigenvalue weighted by atomic mass is 35.5. The van der Waals surface area contributed by atoms with Crippen molar-refractivity contribution >= 4 is 27.3 Å². The Morgan fingerprint density at radius 1 is 1.30 bits per heavy atom. The monoisotopic (exact) mass is 316 g/mol. The lowest BCUT2D eigenvalue weighted by atomic mass is 10.1. The largest absolute Gasteiger partial charge is 0.398 e. The fraction of sp³-hybridized carbons (Fsp3) is 0.571. The number of halogens is 1. The Hall–Kier alpha value is -0.780. The number of nitrogen functional groups attached to an aromatic ring is 1. The third-order valence-electron chi connectivity index (χ3n) is 3.94. The first-order chi connectivity index (χ1) is 9.34. The standard InChI is InChI=1S/C14H21ClN2O2S/c1-10-6-4-3-5-7-17(10)20(18,19)14-9-12(15)8-13(16)11(14)2/h8-10H,3-7,16H2,1-2H3. The lowest BCUT2D eigenvalue weighted by Crippen LogP contribution is -2.38. The Labute approximate surface area is 126 Å². The van der Waals surface area contributed by atoms with Crippen LogP contribution < -0.4 is 5.73 Å². The molecule has 1 unspecified atom stereocenters. The summed E-state index contributed by atoms with van der Waals surface area (Å²) < 4.78 is 27.4. The first-order valence-corrected chi connectivity index (χ1v) is 8.73. The smallest absolute Gasteiger partial charge is 0.243 e. The lowest BCUT2D eigenvalue weighted by Gasteiger charge is -2.27. The van der Waals surface area contributed by atoms with Crippen molar-refractivity contribution in [2.24, 2.45) is 0 Å². The van der Waals surface area contributed by atoms with Crippen molar-refractivity contribution in [3.63, 3.8) is 0 Å². The lowest BCUT2D eigenvalue weighted by molar-refractivity contribution is 0.342. The van der Waals surface area contributed by atoms with E-state index in [1.54, 1.807) is 17.3 Å². The van der Waals surface area contributed by atoms with Crippen LogP contribution in [-0.2, 0) is 10.0 Å². The van der Waals surface area contributed by atoms with Crippen molar-refractivity contribution in [2.75, 3.05) is 12.3 Å². The van der Waals surface area contributed by atoms with Crippen LogP contribution >= 0.6 is 11.6 Å². The Morgan fingerprint density at radius 3 is 2.70 bits per heavy atom. The number of hydrogen-bond donors (Lipinski definition) is 1. The van der Waals surface area contributed by atoms with Crippen molar-refractivity contribution in [1.82, 2.24) is 4.31 Å². The second-order valence-corrected chi connectivity index (χ2v) is 7.73. The topological polar surface area (TPSA) is 63.4 Å². The van der Waals surface area contributed by atoms with Gasteiger partial charge in [0.15, 0.2) is 0 Å². The van der Waals surface area contributed by atoms with Gasteiger partial charge in [0.25, 0.3) is 0 Å². The van der Waals surface area contributed by atoms with Crippen molar-refractivity contribution in [1.29, 1.82) is 0 Å². The van der Waals surface area contributed by atoms with Crippen molar-refractivity contribution in [3.8, 4) is 0 Å². The highest BCUT2D eigenvalue weighted by molar-refractivity contribution is 7.89. The van der Waals surface area contributed by atoms with E-state index in [0.717, 1.165) is 25.7 Å². The van der Waals surface area contributed by atoms with Gasteiger partial charge in [0.1, 0.15) is 0 Å². The Morgan fingerprint density at radius 2 is 2.00 bits per heavy atom. The van der Waals surface area contributed by atoms with E-state index >= 15 is 0 Å².